The van der Waals surface area contributed by atoms with Crippen molar-refractivity contribution >= 4 is 27.3 Å². The largest absolute Gasteiger partial charge is 0.398 e. The van der Waals surface area contributed by atoms with Crippen LogP contribution in [0.4, 0.5) is 5.69 Å². The van der Waals surface area contributed by atoms with Crippen molar-refractivity contribution in [3.05, 3.63) is 22.7 Å². The van der Waals surface area contributed by atoms with Crippen LogP contribution in [0.25, 0.3) is 0 Å². The molecule has 0 aliphatic rings. The predicted octanol–water partition coefficient (Wildman–Crippen LogP) is 2.31. The molecule has 1 aromatic carbocycles. The lowest BCUT2D eigenvalue weighted by Gasteiger charge is -2.15. The highest BCUT2D eigenvalue weighted by molar-refractivity contribution is 7.89. The molecule has 17 heavy (non-hydrogen) atoms. The number of nitrogens with one attached hydrogen (secondary N) is 1. The van der Waals surface area contributed by atoms with Crippen molar-refractivity contribution in [2.75, 3.05) is 5.73 Å². The van der Waals surface area contributed by atoms with Gasteiger partial charge in [-0.25, -0.2) is 13.1 Å². The van der Waals surface area contributed by atoms with Crippen LogP contribution in [-0.4, -0.2) is 14.5 Å². The van der Waals surface area contributed by atoms with E-state index in [0.29, 0.717) is 22.7 Å². The van der Waals surface area contributed by atoms with Gasteiger partial charge in [0, 0.05) is 16.8 Å². The van der Waals surface area contributed by atoms with Crippen molar-refractivity contribution in [2.24, 2.45) is 0 Å². The lowest BCUT2D eigenvalue weighted by Crippen LogP contribution is -2.32. The van der Waals surface area contributed by atoms with Crippen molar-refractivity contribution in [2.45, 2.75) is 38.1 Å². The third kappa shape index (κ3) is 3.34. The Morgan fingerprint density at radius 1 is 1.47 bits per heavy atom. The summed E-state index contributed by atoms with van der Waals surface area (Å²) in [6, 6.07) is 2.83. The number of nitrogens with two attached hydrogens (primary N) is 1. The molecule has 0 saturated carbocycles. The maximum absolute atomic E-state index is 12.1. The van der Waals surface area contributed by atoms with Crippen molar-refractivity contribution in [1.82, 2.24) is 4.72 Å². The second kappa shape index (κ2) is 5.25. The molecule has 0 bridgehead atoms. The summed E-state index contributed by atoms with van der Waals surface area (Å²) in [5.41, 5.74) is 6.60. The van der Waals surface area contributed by atoms with Gasteiger partial charge in [0.15, 0.2) is 0 Å². The summed E-state index contributed by atoms with van der Waals surface area (Å²) in [6.07, 6.45) is 0.717. The number of benzene rings is 1. The van der Waals surface area contributed by atoms with Gasteiger partial charge in [-0.1, -0.05) is 18.5 Å². The standard InChI is InChI=1S/C11H17ClN2O2S/c1-4-7(2)14-17(15,16)11-6-9(12)5-10(13)8(11)3/h5-7,14H,4,13H2,1-3H3. The average Bonchev–Trinajstić information content (AvgIpc) is 2.22. The number of rotatable bonds is 4. The molecule has 1 unspecified atom stereocenters. The molecular weight excluding hydrogens is 260 g/mol. The van der Waals surface area contributed by atoms with E-state index in [1.54, 1.807) is 19.9 Å². The van der Waals surface area contributed by atoms with E-state index in [1.807, 2.05) is 6.92 Å². The van der Waals surface area contributed by atoms with E-state index >= 15 is 0 Å². The van der Waals surface area contributed by atoms with E-state index in [1.165, 1.54) is 6.07 Å². The fourth-order valence-electron chi connectivity index (χ4n) is 1.37. The number of hydrogen-bond acceptors (Lipinski definition) is 3. The van der Waals surface area contributed by atoms with Crippen LogP contribution in [0.15, 0.2) is 17.0 Å². The lowest BCUT2D eigenvalue weighted by atomic mass is 10.2. The van der Waals surface area contributed by atoms with Gasteiger partial charge in [0.05, 0.1) is 4.90 Å². The summed E-state index contributed by atoms with van der Waals surface area (Å²) in [4.78, 5) is 0.141. The lowest BCUT2D eigenvalue weighted by molar-refractivity contribution is 0.555. The minimum atomic E-state index is -3.56. The number of sulfonamides is 1. The number of anilines is 1. The third-order valence-electron chi connectivity index (χ3n) is 2.62. The summed E-state index contributed by atoms with van der Waals surface area (Å²) < 4.78 is 26.8. The zero-order valence-electron chi connectivity index (χ0n) is 10.1. The molecule has 1 aromatic rings. The molecule has 4 nitrogen and oxygen atoms in total. The first-order valence-corrected chi connectivity index (χ1v) is 7.22. The Balaban J connectivity index is 3.24. The quantitative estimate of drug-likeness (QED) is 0.829. The molecule has 0 spiro atoms. The van der Waals surface area contributed by atoms with Crippen LogP contribution in [0.1, 0.15) is 25.8 Å². The van der Waals surface area contributed by atoms with Crippen molar-refractivity contribution in [3.8, 4) is 0 Å². The number of nitrogen functional groups attached to an aromatic ring is 1. The fraction of sp³-hybridized carbons (Fsp3) is 0.455. The van der Waals surface area contributed by atoms with Gasteiger partial charge < -0.3 is 5.73 Å². The van der Waals surface area contributed by atoms with Crippen LogP contribution >= 0.6 is 11.6 Å². The zero-order chi connectivity index (χ0) is 13.2. The van der Waals surface area contributed by atoms with Crippen LogP contribution in [0.3, 0.4) is 0 Å². The summed E-state index contributed by atoms with van der Waals surface area (Å²) >= 11 is 5.83. The minimum absolute atomic E-state index is 0.125. The van der Waals surface area contributed by atoms with Crippen LogP contribution in [0, 0.1) is 6.92 Å². The summed E-state index contributed by atoms with van der Waals surface area (Å²) in [7, 11) is -3.56. The maximum Gasteiger partial charge on any atom is 0.241 e. The molecule has 0 heterocycles. The number of halogens is 1. The van der Waals surface area contributed by atoms with Gasteiger partial charge in [-0.3, -0.25) is 0 Å². The van der Waals surface area contributed by atoms with Crippen LogP contribution in [0.5, 0.6) is 0 Å². The van der Waals surface area contributed by atoms with E-state index in [0.717, 1.165) is 0 Å². The monoisotopic (exact) mass is 276 g/mol. The summed E-state index contributed by atoms with van der Waals surface area (Å²) in [5.74, 6) is 0. The highest BCUT2D eigenvalue weighted by Crippen LogP contribution is 2.26. The number of hydrogen-bond donors (Lipinski definition) is 2. The van der Waals surface area contributed by atoms with Gasteiger partial charge in [-0.05, 0) is 38.0 Å². The van der Waals surface area contributed by atoms with Crippen molar-refractivity contribution in [1.29, 1.82) is 0 Å². The first-order valence-electron chi connectivity index (χ1n) is 5.36. The van der Waals surface area contributed by atoms with E-state index < -0.39 is 10.0 Å². The molecule has 96 valence electrons. The Kier molecular flexibility index (Phi) is 4.41. The third-order valence-corrected chi connectivity index (χ3v) is 4.56. The van der Waals surface area contributed by atoms with Gasteiger partial charge in [0.2, 0.25) is 10.0 Å². The van der Waals surface area contributed by atoms with E-state index in [-0.39, 0.29) is 10.9 Å². The summed E-state index contributed by atoms with van der Waals surface area (Å²) in [6.45, 7) is 5.38. The Hall–Kier alpha value is -0.780. The minimum Gasteiger partial charge on any atom is -0.398 e. The first-order chi connectivity index (χ1) is 7.77. The second-order valence-electron chi connectivity index (χ2n) is 4.05. The SMILES string of the molecule is CCC(C)NS(=O)(=O)c1cc(Cl)cc(N)c1C. The Morgan fingerprint density at radius 3 is 2.59 bits per heavy atom. The smallest absolute Gasteiger partial charge is 0.241 e. The van der Waals surface area contributed by atoms with Gasteiger partial charge >= 0.3 is 0 Å². The van der Waals surface area contributed by atoms with Crippen LogP contribution < -0.4 is 10.5 Å². The molecule has 0 aromatic heterocycles. The molecule has 0 saturated heterocycles. The molecule has 0 radical (unpaired) electrons. The molecule has 1 atom stereocenters. The van der Waals surface area contributed by atoms with Crippen molar-refractivity contribution < 1.29 is 8.42 Å². The zero-order valence-corrected chi connectivity index (χ0v) is 11.7. The fourth-order valence-corrected chi connectivity index (χ4v) is 3.28. The highest BCUT2D eigenvalue weighted by Gasteiger charge is 2.20. The van der Waals surface area contributed by atoms with Crippen LogP contribution in [0.2, 0.25) is 5.02 Å². The molecule has 0 aliphatic carbocycles. The topological polar surface area (TPSA) is 72.2 Å². The molecule has 1 rings (SSSR count). The summed E-state index contributed by atoms with van der Waals surface area (Å²) in [5, 5.41) is 0.317. The van der Waals surface area contributed by atoms with Gasteiger partial charge in [-0.2, -0.15) is 0 Å². The molecule has 6 heteroatoms. The van der Waals surface area contributed by atoms with Gasteiger partial charge in [-0.15, -0.1) is 0 Å². The molecule has 0 amide bonds. The maximum atomic E-state index is 12.1. The normalized spacial score (nSPS) is 13.6. The van der Waals surface area contributed by atoms with Crippen molar-refractivity contribution in [3.63, 3.8) is 0 Å². The average molecular weight is 277 g/mol. The Labute approximate surface area is 107 Å². The molecule has 0 fully saturated rings. The Bertz CT molecular complexity index is 514. The second-order valence-corrected chi connectivity index (χ2v) is 6.17. The first kappa shape index (κ1) is 14.3. The molecule has 3 N–H and O–H groups in total. The molecule has 0 aliphatic heterocycles. The Morgan fingerprint density at radius 2 is 2.06 bits per heavy atom. The van der Waals surface area contributed by atoms with E-state index in [4.69, 9.17) is 17.3 Å². The van der Waals surface area contributed by atoms with Gasteiger partial charge in [0.1, 0.15) is 0 Å². The highest BCUT2D eigenvalue weighted by atomic mass is 35.5. The van der Waals surface area contributed by atoms with Gasteiger partial charge in [0.25, 0.3) is 0 Å². The van der Waals surface area contributed by atoms with Crippen LogP contribution in [-0.2, 0) is 10.0 Å². The van der Waals surface area contributed by atoms with E-state index in [9.17, 15) is 8.42 Å². The predicted molar refractivity (Wildman–Crippen MR) is 70.7 cm³/mol. The molecular formula is C11H17ClN2O2S. The van der Waals surface area contributed by atoms with E-state index in [2.05, 4.69) is 4.72 Å².